The van der Waals surface area contributed by atoms with E-state index in [1.54, 1.807) is 28.4 Å². The molecular formula is C31H31N3O3S. The predicted octanol–water partition coefficient (Wildman–Crippen LogP) is 6.37. The van der Waals surface area contributed by atoms with Crippen molar-refractivity contribution in [1.82, 2.24) is 9.88 Å². The number of hydrogen-bond donors (Lipinski definition) is 0. The molecule has 0 saturated carbocycles. The van der Waals surface area contributed by atoms with Crippen molar-refractivity contribution in [3.05, 3.63) is 83.9 Å². The number of thiazole rings is 1. The Labute approximate surface area is 226 Å². The zero-order valence-electron chi connectivity index (χ0n) is 22.1. The summed E-state index contributed by atoms with van der Waals surface area (Å²) in [4.78, 5) is 47.7. The molecule has 0 bridgehead atoms. The summed E-state index contributed by atoms with van der Waals surface area (Å²) in [5.74, 6) is -0.794. The Morgan fingerprint density at radius 3 is 2.42 bits per heavy atom. The second-order valence-electron chi connectivity index (χ2n) is 11.1. The van der Waals surface area contributed by atoms with E-state index in [0.717, 1.165) is 26.4 Å². The Balaban J connectivity index is 1.40. The molecule has 1 atom stereocenters. The van der Waals surface area contributed by atoms with Crippen LogP contribution in [0, 0.1) is 12.3 Å². The van der Waals surface area contributed by atoms with E-state index in [1.165, 1.54) is 10.5 Å². The van der Waals surface area contributed by atoms with Gasteiger partial charge in [-0.2, -0.15) is 0 Å². The van der Waals surface area contributed by atoms with E-state index in [0.29, 0.717) is 5.69 Å². The van der Waals surface area contributed by atoms with Crippen LogP contribution in [0.4, 0.5) is 5.69 Å². The van der Waals surface area contributed by atoms with Gasteiger partial charge in [0, 0.05) is 18.5 Å². The molecule has 38 heavy (non-hydrogen) atoms. The summed E-state index contributed by atoms with van der Waals surface area (Å²) in [6, 6.07) is 22.3. The first-order valence-corrected chi connectivity index (χ1v) is 13.6. The highest BCUT2D eigenvalue weighted by Gasteiger charge is 2.44. The molecule has 3 aromatic carbocycles. The molecule has 194 valence electrons. The molecule has 0 N–H and O–H groups in total. The summed E-state index contributed by atoms with van der Waals surface area (Å²) < 4.78 is 1.12. The van der Waals surface area contributed by atoms with Crippen LogP contribution in [-0.2, 0) is 20.9 Å². The van der Waals surface area contributed by atoms with Crippen molar-refractivity contribution >= 4 is 45.0 Å². The molecule has 6 nitrogen and oxygen atoms in total. The summed E-state index contributed by atoms with van der Waals surface area (Å²) in [5, 5.41) is 0.885. The van der Waals surface area contributed by atoms with E-state index in [-0.39, 0.29) is 42.5 Å². The van der Waals surface area contributed by atoms with Crippen LogP contribution in [0.2, 0.25) is 0 Å². The van der Waals surface area contributed by atoms with E-state index < -0.39 is 6.04 Å². The minimum atomic E-state index is -0.829. The molecule has 1 aliphatic heterocycles. The van der Waals surface area contributed by atoms with E-state index in [4.69, 9.17) is 4.98 Å². The standard InChI is InChI=1S/C31H31N3O3S/c1-20-10-15-24-26(16-20)38-29(32-24)22-11-13-23(14-12-22)34-27(35)17-25(30(34)37)33(28(36)18-31(2,3)4)19-21-8-6-5-7-9-21/h5-16,25H,17-19H2,1-4H3. The van der Waals surface area contributed by atoms with Crippen molar-refractivity contribution in [2.45, 2.75) is 53.1 Å². The van der Waals surface area contributed by atoms with Gasteiger partial charge in [0.15, 0.2) is 0 Å². The van der Waals surface area contributed by atoms with Crippen molar-refractivity contribution < 1.29 is 14.4 Å². The Morgan fingerprint density at radius 1 is 1.03 bits per heavy atom. The highest BCUT2D eigenvalue weighted by Crippen LogP contribution is 2.34. The molecule has 7 heteroatoms. The zero-order chi connectivity index (χ0) is 27.0. The van der Waals surface area contributed by atoms with Crippen LogP contribution in [0.15, 0.2) is 72.8 Å². The molecule has 3 amide bonds. The number of aryl methyl sites for hydroxylation is 1. The van der Waals surface area contributed by atoms with Crippen molar-refractivity contribution in [2.24, 2.45) is 5.41 Å². The monoisotopic (exact) mass is 525 g/mol. The van der Waals surface area contributed by atoms with Gasteiger partial charge in [0.25, 0.3) is 5.91 Å². The van der Waals surface area contributed by atoms with Gasteiger partial charge >= 0.3 is 0 Å². The Kier molecular flexibility index (Phi) is 6.88. The third kappa shape index (κ3) is 5.38. The van der Waals surface area contributed by atoms with Gasteiger partial charge in [0.2, 0.25) is 11.8 Å². The largest absolute Gasteiger partial charge is 0.326 e. The molecule has 1 saturated heterocycles. The molecule has 5 rings (SSSR count). The van der Waals surface area contributed by atoms with E-state index >= 15 is 0 Å². The van der Waals surface area contributed by atoms with Crippen LogP contribution in [0.3, 0.4) is 0 Å². The van der Waals surface area contributed by atoms with Crippen molar-refractivity contribution in [3.8, 4) is 10.6 Å². The molecule has 1 aromatic heterocycles. The van der Waals surface area contributed by atoms with Gasteiger partial charge in [-0.15, -0.1) is 11.3 Å². The summed E-state index contributed by atoms with van der Waals surface area (Å²) in [6.07, 6.45) is 0.259. The molecular weight excluding hydrogens is 494 g/mol. The average Bonchev–Trinajstić information content (AvgIpc) is 3.42. The summed E-state index contributed by atoms with van der Waals surface area (Å²) in [6.45, 7) is 8.32. The quantitative estimate of drug-likeness (QED) is 0.274. The molecule has 1 unspecified atom stereocenters. The molecule has 1 aliphatic rings. The van der Waals surface area contributed by atoms with Crippen LogP contribution in [0.1, 0.15) is 44.7 Å². The molecule has 2 heterocycles. The van der Waals surface area contributed by atoms with E-state index in [2.05, 4.69) is 13.0 Å². The number of nitrogens with zero attached hydrogens (tertiary/aromatic N) is 3. The van der Waals surface area contributed by atoms with Gasteiger partial charge in [0.05, 0.1) is 22.3 Å². The van der Waals surface area contributed by atoms with Gasteiger partial charge in [0.1, 0.15) is 11.0 Å². The van der Waals surface area contributed by atoms with Gasteiger partial charge in [-0.05, 0) is 59.9 Å². The fourth-order valence-corrected chi connectivity index (χ4v) is 5.82. The average molecular weight is 526 g/mol. The smallest absolute Gasteiger partial charge is 0.257 e. The van der Waals surface area contributed by atoms with Crippen LogP contribution < -0.4 is 4.90 Å². The SMILES string of the molecule is Cc1ccc2nc(-c3ccc(N4C(=O)CC(N(Cc5ccccc5)C(=O)CC(C)(C)C)C4=O)cc3)sc2c1. The lowest BCUT2D eigenvalue weighted by molar-refractivity contribution is -0.140. The molecule has 1 fully saturated rings. The number of carbonyl (C=O) groups excluding carboxylic acids is 3. The normalized spacial score (nSPS) is 15.9. The third-order valence-corrected chi connectivity index (χ3v) is 7.68. The number of aromatic nitrogens is 1. The Bertz CT molecular complexity index is 1500. The molecule has 0 aliphatic carbocycles. The maximum atomic E-state index is 13.6. The number of anilines is 1. The highest BCUT2D eigenvalue weighted by molar-refractivity contribution is 7.21. The minimum Gasteiger partial charge on any atom is -0.326 e. The first-order chi connectivity index (χ1) is 18.1. The lowest BCUT2D eigenvalue weighted by atomic mass is 9.91. The van der Waals surface area contributed by atoms with Crippen molar-refractivity contribution in [2.75, 3.05) is 4.90 Å². The summed E-state index contributed by atoms with van der Waals surface area (Å²) in [7, 11) is 0. The Morgan fingerprint density at radius 2 is 1.74 bits per heavy atom. The van der Waals surface area contributed by atoms with Gasteiger partial charge in [-0.3, -0.25) is 14.4 Å². The number of rotatable bonds is 6. The lowest BCUT2D eigenvalue weighted by Crippen LogP contribution is -2.46. The van der Waals surface area contributed by atoms with Gasteiger partial charge in [-0.1, -0.05) is 57.2 Å². The lowest BCUT2D eigenvalue weighted by Gasteiger charge is -2.30. The summed E-state index contributed by atoms with van der Waals surface area (Å²) >= 11 is 1.61. The second kappa shape index (κ2) is 10.1. The number of amides is 3. The number of fused-ring (bicyclic) bond motifs is 1. The number of hydrogen-bond acceptors (Lipinski definition) is 5. The van der Waals surface area contributed by atoms with Crippen LogP contribution >= 0.6 is 11.3 Å². The Hall–Kier alpha value is -3.84. The first kappa shape index (κ1) is 25.8. The first-order valence-electron chi connectivity index (χ1n) is 12.8. The topological polar surface area (TPSA) is 70.6 Å². The zero-order valence-corrected chi connectivity index (χ0v) is 22.9. The predicted molar refractivity (Wildman–Crippen MR) is 152 cm³/mol. The van der Waals surface area contributed by atoms with Crippen LogP contribution in [0.5, 0.6) is 0 Å². The molecule has 0 spiro atoms. The number of carbonyl (C=O) groups is 3. The number of benzene rings is 3. The van der Waals surface area contributed by atoms with Gasteiger partial charge in [-0.25, -0.2) is 9.88 Å². The molecule has 4 aromatic rings. The molecule has 0 radical (unpaired) electrons. The summed E-state index contributed by atoms with van der Waals surface area (Å²) in [5.41, 5.74) is 4.24. The van der Waals surface area contributed by atoms with Gasteiger partial charge < -0.3 is 4.90 Å². The minimum absolute atomic E-state index is 0.0273. The van der Waals surface area contributed by atoms with Crippen molar-refractivity contribution in [1.29, 1.82) is 0 Å². The van der Waals surface area contributed by atoms with E-state index in [9.17, 15) is 14.4 Å². The highest BCUT2D eigenvalue weighted by atomic mass is 32.1. The maximum Gasteiger partial charge on any atom is 0.257 e. The fraction of sp³-hybridized carbons (Fsp3) is 0.290. The maximum absolute atomic E-state index is 13.6. The fourth-order valence-electron chi connectivity index (χ4n) is 4.75. The third-order valence-electron chi connectivity index (χ3n) is 6.61. The van der Waals surface area contributed by atoms with Crippen LogP contribution in [0.25, 0.3) is 20.8 Å². The van der Waals surface area contributed by atoms with E-state index in [1.807, 2.05) is 75.4 Å². The van der Waals surface area contributed by atoms with Crippen LogP contribution in [-0.4, -0.2) is 33.6 Å². The number of imide groups is 1. The second-order valence-corrected chi connectivity index (χ2v) is 12.1. The van der Waals surface area contributed by atoms with Crippen molar-refractivity contribution in [3.63, 3.8) is 0 Å².